The van der Waals surface area contributed by atoms with Gasteiger partial charge in [0.1, 0.15) is 11.9 Å². The van der Waals surface area contributed by atoms with Crippen LogP contribution in [-0.4, -0.2) is 81.4 Å². The zero-order valence-electron chi connectivity index (χ0n) is 23.0. The van der Waals surface area contributed by atoms with Crippen molar-refractivity contribution in [3.05, 3.63) is 80.4 Å². The number of nitro benzene ring substituents is 2. The summed E-state index contributed by atoms with van der Waals surface area (Å²) in [6.45, 7) is 1.21. The molecule has 0 spiro atoms. The number of cyclic esters (lactones) is 1. The van der Waals surface area contributed by atoms with Crippen molar-refractivity contribution in [3.63, 3.8) is 0 Å². The van der Waals surface area contributed by atoms with Gasteiger partial charge in [0.05, 0.1) is 33.7 Å². The van der Waals surface area contributed by atoms with Crippen LogP contribution < -0.4 is 15.5 Å². The largest absolute Gasteiger partial charge is 0.444 e. The Kier molecular flexibility index (Phi) is 8.27. The summed E-state index contributed by atoms with van der Waals surface area (Å²) in [6, 6.07) is 7.08. The Balaban J connectivity index is 1.21. The molecule has 2 aliphatic rings. The smallest absolute Gasteiger partial charge is 0.414 e. The Morgan fingerprint density at radius 2 is 1.64 bits per heavy atom. The van der Waals surface area contributed by atoms with E-state index in [0.717, 1.165) is 18.2 Å². The molecule has 228 valence electrons. The zero-order valence-corrected chi connectivity index (χ0v) is 23.0. The van der Waals surface area contributed by atoms with Gasteiger partial charge in [-0.2, -0.15) is 0 Å². The molecule has 2 aliphatic heterocycles. The molecule has 2 aromatic carbocycles. The first-order valence-corrected chi connectivity index (χ1v) is 13.4. The number of ether oxygens (including phenoxy) is 1. The number of benzene rings is 2. The molecule has 0 bridgehead atoms. The molecule has 2 fully saturated rings. The number of primary amides is 1. The van der Waals surface area contributed by atoms with Gasteiger partial charge in [-0.25, -0.2) is 19.2 Å². The summed E-state index contributed by atoms with van der Waals surface area (Å²) in [7, 11) is 0. The maximum absolute atomic E-state index is 15.1. The first-order chi connectivity index (χ1) is 21.0. The monoisotopic (exact) mass is 608 g/mol. The third kappa shape index (κ3) is 6.35. The van der Waals surface area contributed by atoms with Gasteiger partial charge >= 0.3 is 6.09 Å². The van der Waals surface area contributed by atoms with Crippen LogP contribution in [0.1, 0.15) is 23.2 Å². The highest BCUT2D eigenvalue weighted by Gasteiger charge is 2.33. The number of hydrogen-bond acceptors (Lipinski definition) is 11. The highest BCUT2D eigenvalue weighted by atomic mass is 19.1. The molecule has 16 nitrogen and oxygen atoms in total. The molecule has 0 aliphatic carbocycles. The van der Waals surface area contributed by atoms with E-state index in [0.29, 0.717) is 30.3 Å². The van der Waals surface area contributed by atoms with Crippen molar-refractivity contribution in [3.8, 4) is 11.1 Å². The first-order valence-electron chi connectivity index (χ1n) is 13.4. The predicted molar refractivity (Wildman–Crippen MR) is 151 cm³/mol. The lowest BCUT2D eigenvalue weighted by atomic mass is 10.1. The van der Waals surface area contributed by atoms with Crippen molar-refractivity contribution >= 4 is 40.9 Å². The van der Waals surface area contributed by atoms with Crippen LogP contribution in [-0.2, 0) is 9.53 Å². The number of nitrogens with zero attached hydrogens (tertiary/aromatic N) is 7. The minimum absolute atomic E-state index is 0.0656. The molecule has 2 saturated heterocycles. The Morgan fingerprint density at radius 3 is 2.20 bits per heavy atom. The molecule has 2 N–H and O–H groups in total. The molecular formula is C27H25FN8O8. The Hall–Kier alpha value is -5.74. The van der Waals surface area contributed by atoms with Crippen LogP contribution in [0.4, 0.5) is 32.2 Å². The van der Waals surface area contributed by atoms with Gasteiger partial charge < -0.3 is 20.3 Å². The molecular weight excluding hydrogens is 583 g/mol. The Labute approximate surface area is 248 Å². The van der Waals surface area contributed by atoms with Gasteiger partial charge in [0.25, 0.3) is 17.3 Å². The van der Waals surface area contributed by atoms with Crippen LogP contribution in [0.25, 0.3) is 11.1 Å². The minimum Gasteiger partial charge on any atom is -0.444 e. The molecule has 44 heavy (non-hydrogen) atoms. The minimum atomic E-state index is -0.794. The lowest BCUT2D eigenvalue weighted by molar-refractivity contribution is -0.394. The van der Waals surface area contributed by atoms with E-state index >= 15 is 4.39 Å². The van der Waals surface area contributed by atoms with E-state index in [1.165, 1.54) is 34.3 Å². The van der Waals surface area contributed by atoms with E-state index in [-0.39, 0.29) is 43.6 Å². The quantitative estimate of drug-likeness (QED) is 0.276. The topological polar surface area (TPSA) is 208 Å². The van der Waals surface area contributed by atoms with Gasteiger partial charge in [-0.3, -0.25) is 34.7 Å². The Bertz CT molecular complexity index is 1610. The third-order valence-electron chi connectivity index (χ3n) is 7.22. The average molecular weight is 609 g/mol. The Morgan fingerprint density at radius 1 is 1.00 bits per heavy atom. The molecule has 17 heteroatoms. The van der Waals surface area contributed by atoms with E-state index in [1.807, 2.05) is 0 Å². The van der Waals surface area contributed by atoms with Crippen molar-refractivity contribution in [1.29, 1.82) is 0 Å². The van der Waals surface area contributed by atoms with Gasteiger partial charge in [-0.05, 0) is 24.6 Å². The molecule has 0 radical (unpaired) electrons. The van der Waals surface area contributed by atoms with Crippen LogP contribution in [0.2, 0.25) is 0 Å². The number of anilines is 2. The summed E-state index contributed by atoms with van der Waals surface area (Å²) < 4.78 is 20.3. The van der Waals surface area contributed by atoms with Gasteiger partial charge in [-0.15, -0.1) is 0 Å². The molecule has 1 atom stereocenters. The molecule has 0 saturated carbocycles. The van der Waals surface area contributed by atoms with E-state index in [1.54, 1.807) is 11.0 Å². The predicted octanol–water partition coefficient (Wildman–Crippen LogP) is 2.65. The number of halogens is 1. The number of nitrogens with two attached hydrogens (primary N) is 1. The maximum Gasteiger partial charge on any atom is 0.414 e. The molecule has 3 amide bonds. The highest BCUT2D eigenvalue weighted by Crippen LogP contribution is 2.30. The molecule has 1 aromatic heterocycles. The summed E-state index contributed by atoms with van der Waals surface area (Å²) >= 11 is 0. The van der Waals surface area contributed by atoms with Crippen molar-refractivity contribution in [1.82, 2.24) is 14.9 Å². The van der Waals surface area contributed by atoms with Crippen molar-refractivity contribution in [2.75, 3.05) is 42.5 Å². The van der Waals surface area contributed by atoms with Crippen LogP contribution in [0, 0.1) is 26.0 Å². The van der Waals surface area contributed by atoms with Gasteiger partial charge in [0.2, 0.25) is 11.9 Å². The maximum atomic E-state index is 15.1. The summed E-state index contributed by atoms with van der Waals surface area (Å²) in [5, 5.41) is 22.4. The lowest BCUT2D eigenvalue weighted by Crippen LogP contribution is -2.49. The summed E-state index contributed by atoms with van der Waals surface area (Å²) in [5.41, 5.74) is 4.79. The van der Waals surface area contributed by atoms with Gasteiger partial charge in [0.15, 0.2) is 0 Å². The highest BCUT2D eigenvalue weighted by molar-refractivity contribution is 5.96. The molecule has 3 aromatic rings. The van der Waals surface area contributed by atoms with E-state index in [4.69, 9.17) is 10.5 Å². The second-order valence-corrected chi connectivity index (χ2v) is 10.1. The second kappa shape index (κ2) is 12.2. The van der Waals surface area contributed by atoms with Gasteiger partial charge in [0, 0.05) is 68.3 Å². The number of hydrogen-bond donors (Lipinski definition) is 1. The zero-order chi connectivity index (χ0) is 31.5. The van der Waals surface area contributed by atoms with E-state index < -0.39 is 51.1 Å². The van der Waals surface area contributed by atoms with Crippen LogP contribution in [0.3, 0.4) is 0 Å². The fraction of sp³-hybridized carbons (Fsp3) is 0.296. The number of aromatic nitrogens is 2. The first kappa shape index (κ1) is 29.7. The fourth-order valence-electron chi connectivity index (χ4n) is 4.94. The normalized spacial score (nSPS) is 16.5. The molecule has 3 heterocycles. The summed E-state index contributed by atoms with van der Waals surface area (Å²) in [5.74, 6) is -1.35. The van der Waals surface area contributed by atoms with E-state index in [9.17, 15) is 34.6 Å². The lowest BCUT2D eigenvalue weighted by Gasteiger charge is -2.34. The van der Waals surface area contributed by atoms with Gasteiger partial charge in [-0.1, -0.05) is 0 Å². The molecule has 5 rings (SSSR count). The summed E-state index contributed by atoms with van der Waals surface area (Å²) in [4.78, 5) is 70.2. The summed E-state index contributed by atoms with van der Waals surface area (Å²) in [6.07, 6.45) is 2.06. The van der Waals surface area contributed by atoms with Crippen LogP contribution >= 0.6 is 0 Å². The number of rotatable bonds is 9. The van der Waals surface area contributed by atoms with Crippen molar-refractivity contribution < 1.29 is 33.4 Å². The molecule has 1 unspecified atom stereocenters. The third-order valence-corrected chi connectivity index (χ3v) is 7.22. The number of amides is 3. The van der Waals surface area contributed by atoms with E-state index in [2.05, 4.69) is 9.97 Å². The number of non-ortho nitro benzene ring substituents is 2. The standard InChI is InChI=1S/C27H25FN8O8/c28-23-12-18(34-15-21(44-27(34)39)2-4-24(29)37)1-3-22(23)17-13-30-26(31-14-17)33-7-5-32(6-8-33)25(38)16-9-19(35(40)41)11-20(10-16)36(42)43/h1,3,9-14,21H,2,4-8,15H2,(H2,29,37). The number of nitro groups is 2. The number of carbonyl (C=O) groups is 3. The van der Waals surface area contributed by atoms with Crippen molar-refractivity contribution in [2.45, 2.75) is 18.9 Å². The SMILES string of the molecule is NC(=O)CCC1CN(c2ccc(-c3cnc(N4CCN(C(=O)c5cc([N+](=O)[O-])cc([N+](=O)[O-])c5)CC4)nc3)c(F)c2)C(=O)O1. The number of piperazine rings is 1. The second-order valence-electron chi connectivity index (χ2n) is 10.1. The number of carbonyl (C=O) groups excluding carboxylic acids is 3. The van der Waals surface area contributed by atoms with Crippen LogP contribution in [0.5, 0.6) is 0 Å². The van der Waals surface area contributed by atoms with Crippen LogP contribution in [0.15, 0.2) is 48.8 Å². The average Bonchev–Trinajstić information content (AvgIpc) is 3.39. The van der Waals surface area contributed by atoms with Crippen molar-refractivity contribution in [2.24, 2.45) is 5.73 Å². The fourth-order valence-corrected chi connectivity index (χ4v) is 4.94.